The molecular formula is C14H21N3OS. The molecule has 4 nitrogen and oxygen atoms in total. The number of amides is 1. The number of thiazole rings is 1. The summed E-state index contributed by atoms with van der Waals surface area (Å²) in [7, 11) is 0. The largest absolute Gasteiger partial charge is 0.354 e. The summed E-state index contributed by atoms with van der Waals surface area (Å²) in [4.78, 5) is 18.8. The molecule has 1 atom stereocenters. The molecule has 1 N–H and O–H groups in total. The van der Waals surface area contributed by atoms with Gasteiger partial charge in [-0.05, 0) is 25.7 Å². The zero-order valence-electron chi connectivity index (χ0n) is 11.2. The van der Waals surface area contributed by atoms with Crippen molar-refractivity contribution >= 4 is 22.4 Å². The van der Waals surface area contributed by atoms with E-state index in [1.54, 1.807) is 11.3 Å². The van der Waals surface area contributed by atoms with Crippen molar-refractivity contribution in [3.63, 3.8) is 0 Å². The molecule has 1 saturated carbocycles. The van der Waals surface area contributed by atoms with Gasteiger partial charge in [0.05, 0.1) is 0 Å². The average molecular weight is 279 g/mol. The predicted octanol–water partition coefficient (Wildman–Crippen LogP) is 2.42. The van der Waals surface area contributed by atoms with Gasteiger partial charge in [0.2, 0.25) is 5.91 Å². The number of nitrogens with zero attached hydrogens (tertiary/aromatic N) is 2. The first-order valence-corrected chi connectivity index (χ1v) is 8.16. The van der Waals surface area contributed by atoms with E-state index in [0.717, 1.165) is 37.5 Å². The maximum absolute atomic E-state index is 12.1. The van der Waals surface area contributed by atoms with Crippen LogP contribution in [-0.2, 0) is 4.79 Å². The molecule has 2 heterocycles. The lowest BCUT2D eigenvalue weighted by molar-refractivity contribution is -0.124. The third-order valence-corrected chi connectivity index (χ3v) is 5.09. The van der Waals surface area contributed by atoms with Gasteiger partial charge in [0.1, 0.15) is 0 Å². The first kappa shape index (κ1) is 12.9. The molecule has 1 aromatic rings. The second-order valence-electron chi connectivity index (χ2n) is 5.53. The zero-order valence-corrected chi connectivity index (χ0v) is 12.0. The van der Waals surface area contributed by atoms with Crippen molar-refractivity contribution in [3.8, 4) is 0 Å². The molecule has 1 saturated heterocycles. The van der Waals surface area contributed by atoms with Crippen molar-refractivity contribution in [2.75, 3.05) is 18.0 Å². The smallest absolute Gasteiger partial charge is 0.223 e. The van der Waals surface area contributed by atoms with Gasteiger partial charge in [-0.3, -0.25) is 4.79 Å². The Hall–Kier alpha value is -1.10. The number of hydrogen-bond acceptors (Lipinski definition) is 4. The molecular weight excluding hydrogens is 258 g/mol. The molecule has 104 valence electrons. The van der Waals surface area contributed by atoms with Crippen LogP contribution in [0.15, 0.2) is 11.6 Å². The maximum Gasteiger partial charge on any atom is 0.223 e. The van der Waals surface area contributed by atoms with Crippen LogP contribution in [0.2, 0.25) is 0 Å². The summed E-state index contributed by atoms with van der Waals surface area (Å²) < 4.78 is 0. The average Bonchev–Trinajstić information content (AvgIpc) is 3.14. The van der Waals surface area contributed by atoms with Gasteiger partial charge in [0, 0.05) is 36.6 Å². The quantitative estimate of drug-likeness (QED) is 0.920. The van der Waals surface area contributed by atoms with E-state index in [0.29, 0.717) is 6.04 Å². The Balaban J connectivity index is 1.53. The number of nitrogens with one attached hydrogen (secondary N) is 1. The van der Waals surface area contributed by atoms with Crippen molar-refractivity contribution in [2.24, 2.45) is 5.92 Å². The summed E-state index contributed by atoms with van der Waals surface area (Å²) in [6.07, 6.45) is 8.79. The third kappa shape index (κ3) is 2.91. The van der Waals surface area contributed by atoms with Crippen LogP contribution < -0.4 is 10.2 Å². The minimum absolute atomic E-state index is 0.267. The first-order chi connectivity index (χ1) is 9.34. The van der Waals surface area contributed by atoms with Gasteiger partial charge in [-0.15, -0.1) is 11.3 Å². The van der Waals surface area contributed by atoms with Crippen LogP contribution >= 0.6 is 11.3 Å². The Labute approximate surface area is 118 Å². The van der Waals surface area contributed by atoms with E-state index < -0.39 is 0 Å². The van der Waals surface area contributed by atoms with Crippen LogP contribution in [0, 0.1) is 5.92 Å². The van der Waals surface area contributed by atoms with E-state index in [-0.39, 0.29) is 11.8 Å². The third-order valence-electron chi connectivity index (χ3n) is 4.28. The lowest BCUT2D eigenvalue weighted by atomic mass is 10.1. The van der Waals surface area contributed by atoms with Gasteiger partial charge in [0.25, 0.3) is 0 Å². The molecule has 2 fully saturated rings. The summed E-state index contributed by atoms with van der Waals surface area (Å²) in [5, 5.41) is 6.27. The summed E-state index contributed by atoms with van der Waals surface area (Å²) in [6, 6.07) is 0.427. The highest BCUT2D eigenvalue weighted by molar-refractivity contribution is 7.13. The van der Waals surface area contributed by atoms with Gasteiger partial charge in [0.15, 0.2) is 5.13 Å². The number of hydrogen-bond donors (Lipinski definition) is 1. The van der Waals surface area contributed by atoms with E-state index in [2.05, 4.69) is 15.2 Å². The Bertz CT molecular complexity index is 414. The number of anilines is 1. The summed E-state index contributed by atoms with van der Waals surface area (Å²) in [6.45, 7) is 1.84. The van der Waals surface area contributed by atoms with E-state index in [4.69, 9.17) is 0 Å². The summed E-state index contributed by atoms with van der Waals surface area (Å²) in [5.74, 6) is 0.540. The topological polar surface area (TPSA) is 45.2 Å². The molecule has 19 heavy (non-hydrogen) atoms. The first-order valence-electron chi connectivity index (χ1n) is 7.28. The molecule has 1 amide bonds. The molecule has 0 unspecified atom stereocenters. The highest BCUT2D eigenvalue weighted by Gasteiger charge is 2.28. The Kier molecular flexibility index (Phi) is 4.01. The number of carbonyl (C=O) groups is 1. The zero-order chi connectivity index (χ0) is 13.1. The molecule has 1 aliphatic carbocycles. The molecule has 0 spiro atoms. The van der Waals surface area contributed by atoms with Gasteiger partial charge >= 0.3 is 0 Å². The van der Waals surface area contributed by atoms with Crippen LogP contribution in [0.4, 0.5) is 5.13 Å². The second kappa shape index (κ2) is 5.90. The molecule has 0 radical (unpaired) electrons. The Morgan fingerprint density at radius 1 is 1.37 bits per heavy atom. The number of rotatable bonds is 4. The van der Waals surface area contributed by atoms with Crippen LogP contribution in [0.3, 0.4) is 0 Å². The van der Waals surface area contributed by atoms with E-state index >= 15 is 0 Å². The fraction of sp³-hybridized carbons (Fsp3) is 0.714. The molecule has 2 aliphatic rings. The van der Waals surface area contributed by atoms with Gasteiger partial charge in [-0.2, -0.15) is 0 Å². The van der Waals surface area contributed by atoms with Crippen molar-refractivity contribution in [2.45, 2.75) is 44.6 Å². The standard InChI is InChI=1S/C14H21N3OS/c18-13(11-4-1-2-5-11)16-10-12-6-3-8-17(12)14-15-7-9-19-14/h7,9,11-12H,1-6,8,10H2,(H,16,18)/t12-/m0/s1. The molecule has 1 aromatic heterocycles. The maximum atomic E-state index is 12.1. The second-order valence-corrected chi connectivity index (χ2v) is 6.40. The van der Waals surface area contributed by atoms with E-state index in [9.17, 15) is 4.79 Å². The van der Waals surface area contributed by atoms with Crippen LogP contribution in [-0.4, -0.2) is 30.0 Å². The monoisotopic (exact) mass is 279 g/mol. The molecule has 0 bridgehead atoms. The molecule has 1 aliphatic heterocycles. The minimum Gasteiger partial charge on any atom is -0.354 e. The highest BCUT2D eigenvalue weighted by atomic mass is 32.1. The lowest BCUT2D eigenvalue weighted by Crippen LogP contribution is -2.41. The molecule has 5 heteroatoms. The minimum atomic E-state index is 0.267. The summed E-state index contributed by atoms with van der Waals surface area (Å²) in [5.41, 5.74) is 0. The highest BCUT2D eigenvalue weighted by Crippen LogP contribution is 2.27. The van der Waals surface area contributed by atoms with Crippen molar-refractivity contribution in [1.29, 1.82) is 0 Å². The van der Waals surface area contributed by atoms with Crippen molar-refractivity contribution < 1.29 is 4.79 Å². The predicted molar refractivity (Wildman–Crippen MR) is 77.4 cm³/mol. The van der Waals surface area contributed by atoms with Gasteiger partial charge < -0.3 is 10.2 Å². The number of aromatic nitrogens is 1. The lowest BCUT2D eigenvalue weighted by Gasteiger charge is -2.24. The fourth-order valence-corrected chi connectivity index (χ4v) is 3.95. The molecule has 0 aromatic carbocycles. The number of carbonyl (C=O) groups excluding carboxylic acids is 1. The van der Waals surface area contributed by atoms with Crippen molar-refractivity contribution in [1.82, 2.24) is 10.3 Å². The van der Waals surface area contributed by atoms with Crippen molar-refractivity contribution in [3.05, 3.63) is 11.6 Å². The Morgan fingerprint density at radius 3 is 2.95 bits per heavy atom. The van der Waals surface area contributed by atoms with Crippen LogP contribution in [0.25, 0.3) is 0 Å². The van der Waals surface area contributed by atoms with E-state index in [1.165, 1.54) is 19.3 Å². The normalized spacial score (nSPS) is 24.0. The summed E-state index contributed by atoms with van der Waals surface area (Å²) >= 11 is 1.69. The van der Waals surface area contributed by atoms with Gasteiger partial charge in [-0.25, -0.2) is 4.98 Å². The SMILES string of the molecule is O=C(NC[C@@H]1CCCN1c1nccs1)C1CCCC1. The van der Waals surface area contributed by atoms with Crippen LogP contribution in [0.5, 0.6) is 0 Å². The molecule has 3 rings (SSSR count). The van der Waals surface area contributed by atoms with E-state index in [1.807, 2.05) is 11.6 Å². The van der Waals surface area contributed by atoms with Gasteiger partial charge in [-0.1, -0.05) is 12.8 Å². The Morgan fingerprint density at radius 2 is 2.21 bits per heavy atom. The van der Waals surface area contributed by atoms with Crippen LogP contribution in [0.1, 0.15) is 38.5 Å². The fourth-order valence-electron chi connectivity index (χ4n) is 3.21.